The largest absolute Gasteiger partial charge is 0.433 e. The standard InChI is InChI=1S/C17H9F6N3OS/c18-16(19,20)11-8-10(6-7-24-11)25-15(27)14-12(17(21,22)23)13(26-28-14)9-4-2-1-3-5-9/h1-8H,(H,24,25,27). The topological polar surface area (TPSA) is 54.9 Å². The number of hydrogen-bond donors (Lipinski definition) is 1. The summed E-state index contributed by atoms with van der Waals surface area (Å²) in [5.41, 5.74) is -3.13. The van der Waals surface area contributed by atoms with Gasteiger partial charge in [-0.25, -0.2) is 0 Å². The van der Waals surface area contributed by atoms with Crippen molar-refractivity contribution in [3.05, 3.63) is 64.8 Å². The quantitative estimate of drug-likeness (QED) is 0.573. The summed E-state index contributed by atoms with van der Waals surface area (Å²) in [7, 11) is 0. The zero-order valence-electron chi connectivity index (χ0n) is 13.6. The van der Waals surface area contributed by atoms with Crippen LogP contribution in [0.1, 0.15) is 20.9 Å². The van der Waals surface area contributed by atoms with Crippen molar-refractivity contribution in [3.63, 3.8) is 0 Å². The molecule has 1 amide bonds. The molecule has 0 radical (unpaired) electrons. The molecule has 0 saturated heterocycles. The molecule has 0 spiro atoms. The average molecular weight is 417 g/mol. The molecule has 146 valence electrons. The van der Waals surface area contributed by atoms with Gasteiger partial charge in [-0.2, -0.15) is 30.7 Å². The van der Waals surface area contributed by atoms with Gasteiger partial charge in [0.2, 0.25) is 0 Å². The Morgan fingerprint density at radius 2 is 1.64 bits per heavy atom. The number of pyridine rings is 1. The Labute approximate surface area is 158 Å². The first-order valence-corrected chi connectivity index (χ1v) is 8.31. The summed E-state index contributed by atoms with van der Waals surface area (Å²) >= 11 is 0.315. The first kappa shape index (κ1) is 19.8. The summed E-state index contributed by atoms with van der Waals surface area (Å²) in [6.45, 7) is 0. The van der Waals surface area contributed by atoms with Crippen molar-refractivity contribution < 1.29 is 31.1 Å². The number of carbonyl (C=O) groups excluding carboxylic acids is 1. The number of alkyl halides is 6. The third-order valence-corrected chi connectivity index (χ3v) is 4.38. The summed E-state index contributed by atoms with van der Waals surface area (Å²) < 4.78 is 82.6. The Balaban J connectivity index is 1.98. The number of rotatable bonds is 3. The molecule has 3 rings (SSSR count). The van der Waals surface area contributed by atoms with Crippen LogP contribution < -0.4 is 5.32 Å². The summed E-state index contributed by atoms with van der Waals surface area (Å²) in [6, 6.07) is 9.03. The molecule has 3 aromatic rings. The Hall–Kier alpha value is -2.95. The van der Waals surface area contributed by atoms with Crippen LogP contribution in [-0.4, -0.2) is 15.3 Å². The highest BCUT2D eigenvalue weighted by molar-refractivity contribution is 7.08. The fourth-order valence-electron chi connectivity index (χ4n) is 2.35. The lowest BCUT2D eigenvalue weighted by Crippen LogP contribution is -2.17. The van der Waals surface area contributed by atoms with Crippen LogP contribution in [0.3, 0.4) is 0 Å². The molecular formula is C17H9F6N3OS. The van der Waals surface area contributed by atoms with E-state index in [1.54, 1.807) is 6.07 Å². The van der Waals surface area contributed by atoms with Gasteiger partial charge in [0.05, 0.1) is 5.69 Å². The molecule has 2 heterocycles. The van der Waals surface area contributed by atoms with E-state index in [-0.39, 0.29) is 11.3 Å². The van der Waals surface area contributed by atoms with Gasteiger partial charge in [0.25, 0.3) is 5.91 Å². The predicted octanol–water partition coefficient (Wildman–Crippen LogP) is 5.50. The normalized spacial score (nSPS) is 12.1. The number of hydrogen-bond acceptors (Lipinski definition) is 4. The number of nitrogens with one attached hydrogen (secondary N) is 1. The van der Waals surface area contributed by atoms with Crippen molar-refractivity contribution in [1.82, 2.24) is 9.36 Å². The van der Waals surface area contributed by atoms with E-state index in [0.29, 0.717) is 17.6 Å². The minimum absolute atomic E-state index is 0.161. The minimum Gasteiger partial charge on any atom is -0.321 e. The summed E-state index contributed by atoms with van der Waals surface area (Å²) in [5.74, 6) is -1.22. The van der Waals surface area contributed by atoms with Crippen molar-refractivity contribution in [3.8, 4) is 11.3 Å². The SMILES string of the molecule is O=C(Nc1ccnc(C(F)(F)F)c1)c1snc(-c2ccccc2)c1C(F)(F)F. The molecule has 0 aliphatic rings. The molecule has 0 aliphatic heterocycles. The van der Waals surface area contributed by atoms with Gasteiger partial charge in [0, 0.05) is 17.4 Å². The van der Waals surface area contributed by atoms with E-state index < -0.39 is 40.1 Å². The molecule has 0 atom stereocenters. The second-order valence-corrected chi connectivity index (χ2v) is 6.25. The molecule has 0 aliphatic carbocycles. The van der Waals surface area contributed by atoms with Gasteiger partial charge in [-0.1, -0.05) is 30.3 Å². The lowest BCUT2D eigenvalue weighted by Gasteiger charge is -2.11. The molecule has 0 bridgehead atoms. The van der Waals surface area contributed by atoms with Crippen LogP contribution in [0, 0.1) is 0 Å². The Kier molecular flexibility index (Phi) is 5.11. The highest BCUT2D eigenvalue weighted by Crippen LogP contribution is 2.41. The molecule has 0 saturated carbocycles. The minimum atomic E-state index is -4.89. The second kappa shape index (κ2) is 7.23. The lowest BCUT2D eigenvalue weighted by atomic mass is 10.1. The van der Waals surface area contributed by atoms with Crippen LogP contribution in [0.4, 0.5) is 32.0 Å². The predicted molar refractivity (Wildman–Crippen MR) is 89.7 cm³/mol. The van der Waals surface area contributed by atoms with Crippen LogP contribution >= 0.6 is 11.5 Å². The third kappa shape index (κ3) is 4.14. The number of halogens is 6. The number of amides is 1. The molecule has 0 fully saturated rings. The molecule has 28 heavy (non-hydrogen) atoms. The van der Waals surface area contributed by atoms with E-state index in [1.807, 2.05) is 5.32 Å². The smallest absolute Gasteiger partial charge is 0.321 e. The van der Waals surface area contributed by atoms with Crippen molar-refractivity contribution in [2.75, 3.05) is 5.32 Å². The van der Waals surface area contributed by atoms with Crippen LogP contribution in [0.25, 0.3) is 11.3 Å². The van der Waals surface area contributed by atoms with Gasteiger partial charge in [-0.15, -0.1) is 0 Å². The molecule has 1 N–H and O–H groups in total. The van der Waals surface area contributed by atoms with E-state index in [2.05, 4.69) is 9.36 Å². The van der Waals surface area contributed by atoms with Gasteiger partial charge in [-0.3, -0.25) is 9.78 Å². The molecule has 4 nitrogen and oxygen atoms in total. The van der Waals surface area contributed by atoms with Crippen LogP contribution in [-0.2, 0) is 12.4 Å². The number of anilines is 1. The molecule has 11 heteroatoms. The molecule has 0 unspecified atom stereocenters. The highest BCUT2D eigenvalue weighted by Gasteiger charge is 2.41. The molecule has 1 aromatic carbocycles. The summed E-state index contributed by atoms with van der Waals surface area (Å²) in [4.78, 5) is 14.7. The summed E-state index contributed by atoms with van der Waals surface area (Å²) in [5, 5.41) is 2.04. The number of benzene rings is 1. The number of carbonyl (C=O) groups is 1. The van der Waals surface area contributed by atoms with Gasteiger partial charge in [0.1, 0.15) is 16.1 Å². The summed E-state index contributed by atoms with van der Waals surface area (Å²) in [6.07, 6.45) is -8.85. The third-order valence-electron chi connectivity index (χ3n) is 3.54. The van der Waals surface area contributed by atoms with Gasteiger partial charge >= 0.3 is 12.4 Å². The zero-order chi connectivity index (χ0) is 20.5. The highest BCUT2D eigenvalue weighted by atomic mass is 32.1. The first-order valence-electron chi connectivity index (χ1n) is 7.54. The van der Waals surface area contributed by atoms with E-state index in [1.165, 1.54) is 24.3 Å². The number of nitrogens with zero attached hydrogens (tertiary/aromatic N) is 2. The van der Waals surface area contributed by atoms with E-state index in [0.717, 1.165) is 12.3 Å². The van der Waals surface area contributed by atoms with Crippen LogP contribution in [0.5, 0.6) is 0 Å². The average Bonchev–Trinajstić information content (AvgIpc) is 3.08. The first-order chi connectivity index (χ1) is 13.1. The Bertz CT molecular complexity index is 998. The van der Waals surface area contributed by atoms with E-state index >= 15 is 0 Å². The maximum absolute atomic E-state index is 13.6. The van der Waals surface area contributed by atoms with E-state index in [9.17, 15) is 31.1 Å². The van der Waals surface area contributed by atoms with Crippen LogP contribution in [0.2, 0.25) is 0 Å². The van der Waals surface area contributed by atoms with Crippen LogP contribution in [0.15, 0.2) is 48.7 Å². The van der Waals surface area contributed by atoms with Crippen molar-refractivity contribution in [2.45, 2.75) is 12.4 Å². The fraction of sp³-hybridized carbons (Fsp3) is 0.118. The van der Waals surface area contributed by atoms with Crippen molar-refractivity contribution >= 4 is 23.1 Å². The van der Waals surface area contributed by atoms with Gasteiger partial charge in [-0.05, 0) is 23.7 Å². The number of aromatic nitrogens is 2. The molecular weight excluding hydrogens is 408 g/mol. The van der Waals surface area contributed by atoms with Gasteiger partial charge < -0.3 is 5.32 Å². The van der Waals surface area contributed by atoms with Crippen molar-refractivity contribution in [1.29, 1.82) is 0 Å². The van der Waals surface area contributed by atoms with Gasteiger partial charge in [0.15, 0.2) is 0 Å². The Morgan fingerprint density at radius 3 is 2.25 bits per heavy atom. The maximum atomic E-state index is 13.6. The molecule has 2 aromatic heterocycles. The lowest BCUT2D eigenvalue weighted by molar-refractivity contribution is -0.141. The van der Waals surface area contributed by atoms with Crippen molar-refractivity contribution in [2.24, 2.45) is 0 Å². The maximum Gasteiger partial charge on any atom is 0.433 e. The second-order valence-electron chi connectivity index (χ2n) is 5.48. The van der Waals surface area contributed by atoms with E-state index in [4.69, 9.17) is 0 Å². The monoisotopic (exact) mass is 417 g/mol. The fourth-order valence-corrected chi connectivity index (χ4v) is 3.17. The Morgan fingerprint density at radius 1 is 0.964 bits per heavy atom. The zero-order valence-corrected chi connectivity index (χ0v) is 14.4.